The number of hydrogen-bond acceptors (Lipinski definition) is 17. The van der Waals surface area contributed by atoms with Crippen LogP contribution in [0.1, 0.15) is 97.6 Å². The smallest absolute Gasteiger partial charge is 0.386 e. The number of carbonyl (C=O) groups is 2. The molecule has 2 aromatic heterocycles. The third-order valence-corrected chi connectivity index (χ3v) is 13.4. The average molecular weight is 960 g/mol. The van der Waals surface area contributed by atoms with E-state index < -0.39 is 78.6 Å². The number of rotatable bonds is 29. The molecule has 1 fully saturated rings. The number of fused-ring (bicyclic) bond motifs is 1. The van der Waals surface area contributed by atoms with Crippen molar-refractivity contribution in [2.45, 2.75) is 122 Å². The summed E-state index contributed by atoms with van der Waals surface area (Å²) in [6.45, 7) is 3.10. The minimum atomic E-state index is -5.56. The molecule has 1 aliphatic heterocycles. The summed E-state index contributed by atoms with van der Waals surface area (Å²) in [6, 6.07) is 0. The van der Waals surface area contributed by atoms with E-state index in [-0.39, 0.29) is 35.9 Å². The first-order chi connectivity index (χ1) is 29.2. The first-order valence-electron chi connectivity index (χ1n) is 20.1. The van der Waals surface area contributed by atoms with Gasteiger partial charge in [0.25, 0.3) is 0 Å². The third-order valence-electron chi connectivity index (χ3n) is 9.30. The first-order valence-corrected chi connectivity index (χ1v) is 25.8. The maximum absolute atomic E-state index is 12.7. The lowest BCUT2D eigenvalue weighted by atomic mass is 9.87. The molecule has 62 heavy (non-hydrogen) atoms. The van der Waals surface area contributed by atoms with Crippen LogP contribution < -0.4 is 16.4 Å². The van der Waals surface area contributed by atoms with Crippen LogP contribution in [-0.4, -0.2) is 123 Å². The highest BCUT2D eigenvalue weighted by atomic mass is 32.2. The molecule has 2 amide bonds. The second-order valence-corrected chi connectivity index (χ2v) is 20.5. The highest BCUT2D eigenvalue weighted by Gasteiger charge is 2.50. The number of nitrogens with one attached hydrogen (secondary N) is 2. The number of hydrogen-bond donors (Lipinski definition) is 9. The number of nitrogens with two attached hydrogens (primary N) is 1. The summed E-state index contributed by atoms with van der Waals surface area (Å²) in [4.78, 5) is 76.0. The number of ether oxygens (including phenoxy) is 1. The van der Waals surface area contributed by atoms with E-state index >= 15 is 0 Å². The topological polar surface area (TPSA) is 347 Å². The summed E-state index contributed by atoms with van der Waals surface area (Å²) in [5.74, 6) is 6.66. The number of unbranched alkanes of at least 4 members (excludes halogenated alkanes) is 8. The Kier molecular flexibility index (Phi) is 22.4. The molecule has 1 aliphatic rings. The molecule has 0 bridgehead atoms. The molecule has 0 saturated carbocycles. The van der Waals surface area contributed by atoms with E-state index in [0.717, 1.165) is 42.2 Å². The number of phosphoric ester groups is 3. The van der Waals surface area contributed by atoms with Crippen LogP contribution in [0.3, 0.4) is 0 Å². The van der Waals surface area contributed by atoms with Crippen molar-refractivity contribution >= 4 is 64.0 Å². The second kappa shape index (κ2) is 25.8. The highest BCUT2D eigenvalue weighted by Crippen LogP contribution is 2.61. The van der Waals surface area contributed by atoms with E-state index in [4.69, 9.17) is 19.5 Å². The van der Waals surface area contributed by atoms with Gasteiger partial charge in [-0.1, -0.05) is 65.7 Å². The van der Waals surface area contributed by atoms with Gasteiger partial charge >= 0.3 is 23.5 Å². The molecule has 0 aliphatic carbocycles. The molecule has 0 spiro atoms. The quantitative estimate of drug-likeness (QED) is 0.0321. The molecule has 1 saturated heterocycles. The Bertz CT molecular complexity index is 1950. The van der Waals surface area contributed by atoms with Gasteiger partial charge in [-0.05, 0) is 6.42 Å². The highest BCUT2D eigenvalue weighted by molar-refractivity contribution is 7.99. The SMILES string of the molecule is CCCCCCCCCCC#CCCSCCNC(=O)CCNC(=O)[C@H](O)C(C)(C)COP(=O)(O)OP(=O)(O)OC[C@H]1O[C@@H](n2cnc3c(N)ncnc32)[C@H](O)[C@@H]1OP(=O)(O)O. The molecule has 3 heterocycles. The molecule has 7 atom stereocenters. The Labute approximate surface area is 364 Å². The lowest BCUT2D eigenvalue weighted by molar-refractivity contribution is -0.137. The maximum atomic E-state index is 12.7. The van der Waals surface area contributed by atoms with Crippen molar-refractivity contribution in [1.82, 2.24) is 30.2 Å². The lowest BCUT2D eigenvalue weighted by Crippen LogP contribution is -2.46. The summed E-state index contributed by atoms with van der Waals surface area (Å²) in [5, 5.41) is 26.7. The molecular weight excluding hydrogens is 899 g/mol. The molecule has 10 N–H and O–H groups in total. The zero-order valence-electron chi connectivity index (χ0n) is 34.9. The Morgan fingerprint density at radius 3 is 2.31 bits per heavy atom. The fourth-order valence-corrected chi connectivity index (χ4v) is 9.48. The van der Waals surface area contributed by atoms with Crippen LogP contribution in [0, 0.1) is 17.3 Å². The van der Waals surface area contributed by atoms with Crippen molar-refractivity contribution in [1.29, 1.82) is 0 Å². The van der Waals surface area contributed by atoms with Gasteiger partial charge in [0.1, 0.15) is 36.3 Å². The predicted octanol–water partition coefficient (Wildman–Crippen LogP) is 3.06. The summed E-state index contributed by atoms with van der Waals surface area (Å²) in [5.41, 5.74) is 4.32. The van der Waals surface area contributed by atoms with Crippen molar-refractivity contribution < 1.29 is 75.7 Å². The lowest BCUT2D eigenvalue weighted by Gasteiger charge is -2.30. The van der Waals surface area contributed by atoms with Crippen molar-refractivity contribution in [3.63, 3.8) is 0 Å². The number of phosphoric acid groups is 3. The Morgan fingerprint density at radius 2 is 1.61 bits per heavy atom. The Hall–Kier alpha value is -2.55. The minimum absolute atomic E-state index is 0.0345. The average Bonchev–Trinajstić information content (AvgIpc) is 3.75. The monoisotopic (exact) mass is 959 g/mol. The largest absolute Gasteiger partial charge is 0.481 e. The molecule has 3 rings (SSSR count). The number of amides is 2. The van der Waals surface area contributed by atoms with Gasteiger partial charge in [0.2, 0.25) is 11.8 Å². The maximum Gasteiger partial charge on any atom is 0.481 e. The van der Waals surface area contributed by atoms with Crippen LogP contribution in [0.5, 0.6) is 0 Å². The number of anilines is 1. The number of carbonyl (C=O) groups excluding carboxylic acids is 2. The van der Waals surface area contributed by atoms with E-state index in [0.29, 0.717) is 12.3 Å². The minimum Gasteiger partial charge on any atom is -0.386 e. The summed E-state index contributed by atoms with van der Waals surface area (Å²) in [6.07, 6.45) is 5.11. The zero-order valence-corrected chi connectivity index (χ0v) is 38.4. The Morgan fingerprint density at radius 1 is 0.952 bits per heavy atom. The number of imidazole rings is 1. The van der Waals surface area contributed by atoms with Gasteiger partial charge in [0.15, 0.2) is 17.7 Å². The van der Waals surface area contributed by atoms with E-state index in [1.54, 1.807) is 11.8 Å². The number of nitrogen functional groups attached to an aromatic ring is 1. The summed E-state index contributed by atoms with van der Waals surface area (Å²) < 4.78 is 62.4. The number of thioether (sulfide) groups is 1. The van der Waals surface area contributed by atoms with Gasteiger partial charge in [0.05, 0.1) is 19.5 Å². The molecule has 2 aromatic rings. The third kappa shape index (κ3) is 18.9. The molecule has 2 unspecified atom stereocenters. The van der Waals surface area contributed by atoms with Crippen LogP contribution in [0.4, 0.5) is 5.82 Å². The number of aliphatic hydroxyl groups excluding tert-OH is 2. The van der Waals surface area contributed by atoms with Crippen molar-refractivity contribution in [2.24, 2.45) is 5.41 Å². The fourth-order valence-electron chi connectivity index (χ4n) is 5.95. The van der Waals surface area contributed by atoms with Crippen LogP contribution in [-0.2, 0) is 45.9 Å². The molecule has 0 aromatic carbocycles. The Balaban J connectivity index is 1.36. The van der Waals surface area contributed by atoms with Crippen LogP contribution in [0.2, 0.25) is 0 Å². The van der Waals surface area contributed by atoms with Gasteiger partial charge in [-0.15, -0.1) is 11.8 Å². The number of aromatic nitrogens is 4. The van der Waals surface area contributed by atoms with Gasteiger partial charge in [0, 0.05) is 49.3 Å². The zero-order chi connectivity index (χ0) is 46.0. The predicted molar refractivity (Wildman–Crippen MR) is 227 cm³/mol. The van der Waals surface area contributed by atoms with Gasteiger partial charge < -0.3 is 50.9 Å². The standard InChI is InChI=1S/C35H60N7O16P3S/c1-4-5-6-7-8-9-10-11-12-13-14-15-19-62-20-18-37-26(43)16-17-38-33(46)30(45)35(2,3)22-55-61(52,53)58-60(50,51)54-21-25-29(57-59(47,48)49)28(44)34(56-25)42-24-41-27-31(36)39-23-40-32(27)42/h23-25,28-30,34,44-45H,4-12,15-22H2,1-3H3,(H,37,43)(H,38,46)(H,50,51)(H,52,53)(H2,36,39,40)(H2,47,48,49)/t25-,28-,29-,30+,34-/m1/s1. The summed E-state index contributed by atoms with van der Waals surface area (Å²) in [7, 11) is -16.4. The number of aliphatic hydroxyl groups is 2. The molecular formula is C35H60N7O16P3S. The molecule has 27 heteroatoms. The van der Waals surface area contributed by atoms with Crippen molar-refractivity contribution in [3.8, 4) is 11.8 Å². The van der Waals surface area contributed by atoms with Crippen molar-refractivity contribution in [3.05, 3.63) is 12.7 Å². The van der Waals surface area contributed by atoms with Crippen LogP contribution in [0.15, 0.2) is 12.7 Å². The molecule has 23 nitrogen and oxygen atoms in total. The number of nitrogens with zero attached hydrogens (tertiary/aromatic N) is 4. The van der Waals surface area contributed by atoms with Crippen LogP contribution >= 0.6 is 35.2 Å². The van der Waals surface area contributed by atoms with E-state index in [9.17, 15) is 53.1 Å². The van der Waals surface area contributed by atoms with E-state index in [2.05, 4.69) is 53.2 Å². The van der Waals surface area contributed by atoms with Crippen LogP contribution in [0.25, 0.3) is 11.2 Å². The van der Waals surface area contributed by atoms with E-state index in [1.807, 2.05) is 0 Å². The van der Waals surface area contributed by atoms with Gasteiger partial charge in [-0.25, -0.2) is 28.6 Å². The summed E-state index contributed by atoms with van der Waals surface area (Å²) >= 11 is 1.66. The molecule has 352 valence electrons. The van der Waals surface area contributed by atoms with Crippen molar-refractivity contribution in [2.75, 3.05) is 43.5 Å². The van der Waals surface area contributed by atoms with E-state index in [1.165, 1.54) is 58.8 Å². The second-order valence-electron chi connectivity index (χ2n) is 15.0. The molecule has 0 radical (unpaired) electrons. The normalized spacial score (nSPS) is 20.5. The first kappa shape index (κ1) is 53.8. The van der Waals surface area contributed by atoms with Gasteiger partial charge in [-0.2, -0.15) is 16.1 Å². The fraction of sp³-hybridized carbons (Fsp3) is 0.743. The van der Waals surface area contributed by atoms with Gasteiger partial charge in [-0.3, -0.25) is 27.7 Å².